The van der Waals surface area contributed by atoms with Gasteiger partial charge in [-0.15, -0.1) is 0 Å². The molecule has 1 saturated heterocycles. The summed E-state index contributed by atoms with van der Waals surface area (Å²) in [6, 6.07) is 14.4. The highest BCUT2D eigenvalue weighted by atomic mass is 32.2. The van der Waals surface area contributed by atoms with Crippen LogP contribution in [0.2, 0.25) is 0 Å². The predicted molar refractivity (Wildman–Crippen MR) is 125 cm³/mol. The molecule has 168 valence electrons. The van der Waals surface area contributed by atoms with Gasteiger partial charge in [0.2, 0.25) is 0 Å². The first-order valence-electron chi connectivity index (χ1n) is 10.6. The minimum absolute atomic E-state index is 0.0988. The van der Waals surface area contributed by atoms with Gasteiger partial charge in [0, 0.05) is 37.3 Å². The molecule has 0 spiro atoms. The van der Waals surface area contributed by atoms with Crippen LogP contribution in [0.25, 0.3) is 10.9 Å². The molecule has 0 amide bonds. The third kappa shape index (κ3) is 4.68. The number of rotatable bonds is 7. The number of benzene rings is 2. The maximum atomic E-state index is 12.6. The van der Waals surface area contributed by atoms with Gasteiger partial charge in [0.05, 0.1) is 16.0 Å². The van der Waals surface area contributed by atoms with E-state index in [-0.39, 0.29) is 16.1 Å². The number of hydrogen-bond donors (Lipinski definition) is 2. The van der Waals surface area contributed by atoms with Crippen LogP contribution >= 0.6 is 0 Å². The fourth-order valence-electron chi connectivity index (χ4n) is 3.94. The monoisotopic (exact) mass is 454 g/mol. The summed E-state index contributed by atoms with van der Waals surface area (Å²) in [6.45, 7) is 6.61. The minimum Gasteiger partial charge on any atom is -0.478 e. The average molecular weight is 455 g/mol. The lowest BCUT2D eigenvalue weighted by Gasteiger charge is -2.35. The van der Waals surface area contributed by atoms with E-state index in [1.165, 1.54) is 18.2 Å². The first-order chi connectivity index (χ1) is 15.4. The summed E-state index contributed by atoms with van der Waals surface area (Å²) < 4.78 is 27.8. The molecule has 1 aliphatic rings. The molecule has 1 fully saturated rings. The number of pyridine rings is 1. The zero-order chi connectivity index (χ0) is 22.7. The maximum absolute atomic E-state index is 12.6. The summed E-state index contributed by atoms with van der Waals surface area (Å²) >= 11 is 0. The number of carboxylic acids is 1. The van der Waals surface area contributed by atoms with E-state index in [2.05, 4.69) is 26.4 Å². The van der Waals surface area contributed by atoms with E-state index in [0.717, 1.165) is 39.1 Å². The number of aromatic nitrogens is 1. The standard InChI is InChI=1S/C23H26N4O4S/c1-2-10-26-11-13-27(14-12-26)22-16-20(23(28)29)19-15-17(8-9-21(19)24-22)25-32(30,31)18-6-4-3-5-7-18/h3-9,15-16,25H,2,10-14H2,1H3,(H,28,29). The van der Waals surface area contributed by atoms with E-state index >= 15 is 0 Å². The number of piperazine rings is 1. The molecule has 8 nitrogen and oxygen atoms in total. The van der Waals surface area contributed by atoms with Crippen molar-refractivity contribution < 1.29 is 18.3 Å². The van der Waals surface area contributed by atoms with Gasteiger partial charge in [-0.1, -0.05) is 25.1 Å². The van der Waals surface area contributed by atoms with E-state index in [1.807, 2.05) is 0 Å². The van der Waals surface area contributed by atoms with Crippen LogP contribution in [0.4, 0.5) is 11.5 Å². The molecule has 1 aliphatic heterocycles. The largest absolute Gasteiger partial charge is 0.478 e. The van der Waals surface area contributed by atoms with Crippen LogP contribution in [-0.4, -0.2) is 62.1 Å². The van der Waals surface area contributed by atoms with Gasteiger partial charge >= 0.3 is 5.97 Å². The highest BCUT2D eigenvalue weighted by Gasteiger charge is 2.21. The fraction of sp³-hybridized carbons (Fsp3) is 0.304. The Morgan fingerprint density at radius 3 is 2.44 bits per heavy atom. The molecule has 0 unspecified atom stereocenters. The molecule has 9 heteroatoms. The van der Waals surface area contributed by atoms with E-state index in [1.54, 1.807) is 36.4 Å². The summed E-state index contributed by atoms with van der Waals surface area (Å²) in [5.74, 6) is -0.449. The van der Waals surface area contributed by atoms with Crippen LogP contribution in [0.15, 0.2) is 59.5 Å². The molecule has 4 rings (SSSR count). The Labute approximate surface area is 187 Å². The molecule has 2 aromatic carbocycles. The molecular weight excluding hydrogens is 428 g/mol. The highest BCUT2D eigenvalue weighted by molar-refractivity contribution is 7.92. The Kier molecular flexibility index (Phi) is 6.29. The van der Waals surface area contributed by atoms with Crippen molar-refractivity contribution in [1.82, 2.24) is 9.88 Å². The zero-order valence-electron chi connectivity index (χ0n) is 17.9. The minimum atomic E-state index is -3.78. The number of hydrogen-bond acceptors (Lipinski definition) is 6. The Bertz CT molecular complexity index is 1220. The molecular formula is C23H26N4O4S. The molecule has 0 aliphatic carbocycles. The summed E-state index contributed by atoms with van der Waals surface area (Å²) in [5, 5.41) is 10.2. The SMILES string of the molecule is CCCN1CCN(c2cc(C(=O)O)c3cc(NS(=O)(=O)c4ccccc4)ccc3n2)CC1. The Morgan fingerprint density at radius 2 is 1.78 bits per heavy atom. The zero-order valence-corrected chi connectivity index (χ0v) is 18.7. The van der Waals surface area contributed by atoms with Gasteiger partial charge in [0.1, 0.15) is 5.82 Å². The number of aromatic carboxylic acids is 1. The lowest BCUT2D eigenvalue weighted by molar-refractivity contribution is 0.0699. The van der Waals surface area contributed by atoms with Crippen LogP contribution < -0.4 is 9.62 Å². The number of sulfonamides is 1. The van der Waals surface area contributed by atoms with Crippen LogP contribution in [-0.2, 0) is 10.0 Å². The molecule has 0 saturated carbocycles. The average Bonchev–Trinajstić information content (AvgIpc) is 2.79. The van der Waals surface area contributed by atoms with Crippen LogP contribution in [0.1, 0.15) is 23.7 Å². The molecule has 2 heterocycles. The van der Waals surface area contributed by atoms with Gasteiger partial charge in [0.25, 0.3) is 10.0 Å². The lowest BCUT2D eigenvalue weighted by atomic mass is 10.1. The Hall–Kier alpha value is -3.17. The number of carboxylic acid groups (broad SMARTS) is 1. The fourth-order valence-corrected chi connectivity index (χ4v) is 5.02. The number of carbonyl (C=O) groups is 1. The third-order valence-corrected chi connectivity index (χ3v) is 6.96. The van der Waals surface area contributed by atoms with E-state index in [4.69, 9.17) is 0 Å². The number of fused-ring (bicyclic) bond motifs is 1. The van der Waals surface area contributed by atoms with Crippen LogP contribution in [0.5, 0.6) is 0 Å². The second kappa shape index (κ2) is 9.13. The first kappa shape index (κ1) is 22.0. The van der Waals surface area contributed by atoms with E-state index in [9.17, 15) is 18.3 Å². The topological polar surface area (TPSA) is 103 Å². The van der Waals surface area contributed by atoms with Gasteiger partial charge in [-0.2, -0.15) is 0 Å². The van der Waals surface area contributed by atoms with Crippen molar-refractivity contribution in [3.05, 3.63) is 60.2 Å². The molecule has 0 bridgehead atoms. The summed E-state index contributed by atoms with van der Waals surface area (Å²) in [7, 11) is -3.78. The number of anilines is 2. The van der Waals surface area contributed by atoms with Gasteiger partial charge in [-0.3, -0.25) is 9.62 Å². The van der Waals surface area contributed by atoms with E-state index in [0.29, 0.717) is 16.7 Å². The van der Waals surface area contributed by atoms with Crippen molar-refractivity contribution in [2.45, 2.75) is 18.2 Å². The third-order valence-electron chi connectivity index (χ3n) is 5.57. The lowest BCUT2D eigenvalue weighted by Crippen LogP contribution is -2.46. The molecule has 32 heavy (non-hydrogen) atoms. The molecule has 3 aromatic rings. The van der Waals surface area contributed by atoms with Gasteiger partial charge in [-0.05, 0) is 49.4 Å². The molecule has 2 N–H and O–H groups in total. The van der Waals surface area contributed by atoms with Crippen LogP contribution in [0, 0.1) is 0 Å². The van der Waals surface area contributed by atoms with Crippen LogP contribution in [0.3, 0.4) is 0 Å². The molecule has 1 aromatic heterocycles. The van der Waals surface area contributed by atoms with Gasteiger partial charge < -0.3 is 10.0 Å². The quantitative estimate of drug-likeness (QED) is 0.565. The Balaban J connectivity index is 1.64. The summed E-state index contributed by atoms with van der Waals surface area (Å²) in [4.78, 5) is 21.3. The normalized spacial score (nSPS) is 15.1. The van der Waals surface area contributed by atoms with E-state index < -0.39 is 16.0 Å². The molecule has 0 radical (unpaired) electrons. The predicted octanol–water partition coefficient (Wildman–Crippen LogP) is 3.27. The van der Waals surface area contributed by atoms with Crippen molar-refractivity contribution in [3.8, 4) is 0 Å². The first-order valence-corrected chi connectivity index (χ1v) is 12.1. The number of nitrogens with one attached hydrogen (secondary N) is 1. The van der Waals surface area contributed by atoms with Crippen molar-refractivity contribution in [1.29, 1.82) is 0 Å². The summed E-state index contributed by atoms with van der Waals surface area (Å²) in [5.41, 5.74) is 0.895. The molecule has 0 atom stereocenters. The number of nitrogens with zero attached hydrogens (tertiary/aromatic N) is 3. The second-order valence-electron chi connectivity index (χ2n) is 7.81. The maximum Gasteiger partial charge on any atom is 0.336 e. The highest BCUT2D eigenvalue weighted by Crippen LogP contribution is 2.27. The Morgan fingerprint density at radius 1 is 1.06 bits per heavy atom. The van der Waals surface area contributed by atoms with Gasteiger partial charge in [0.15, 0.2) is 0 Å². The van der Waals surface area contributed by atoms with Gasteiger partial charge in [-0.25, -0.2) is 18.2 Å². The van der Waals surface area contributed by atoms with Crippen molar-refractivity contribution in [2.24, 2.45) is 0 Å². The van der Waals surface area contributed by atoms with Crippen molar-refractivity contribution in [2.75, 3.05) is 42.3 Å². The summed E-state index contributed by atoms with van der Waals surface area (Å²) in [6.07, 6.45) is 1.10. The second-order valence-corrected chi connectivity index (χ2v) is 9.49. The smallest absolute Gasteiger partial charge is 0.336 e. The van der Waals surface area contributed by atoms with Crippen molar-refractivity contribution in [3.63, 3.8) is 0 Å². The van der Waals surface area contributed by atoms with Crippen molar-refractivity contribution >= 4 is 38.4 Å².